The average Bonchev–Trinajstić information content (AvgIpc) is 2.03. The monoisotopic (exact) mass is 189 g/mol. The van der Waals surface area contributed by atoms with Crippen LogP contribution in [0, 0.1) is 0 Å². The first-order valence-electron chi connectivity index (χ1n) is 3.34. The van der Waals surface area contributed by atoms with Crippen LogP contribution < -0.4 is 0 Å². The van der Waals surface area contributed by atoms with Crippen molar-refractivity contribution in [3.05, 3.63) is 36.2 Å². The predicted molar refractivity (Wildman–Crippen MR) is 40.9 cm³/mol. The number of alkyl halides is 3. The highest BCUT2D eigenvalue weighted by Gasteiger charge is 2.32. The molecule has 1 aromatic heterocycles. The minimum Gasteiger partial charge on any atom is -0.506 e. The number of hydrogen-bond donors (Lipinski definition) is 1. The van der Waals surface area contributed by atoms with Crippen LogP contribution in [0.15, 0.2) is 24.8 Å². The third-order valence-corrected chi connectivity index (χ3v) is 1.34. The van der Waals surface area contributed by atoms with E-state index in [2.05, 4.69) is 11.6 Å². The molecule has 0 radical (unpaired) electrons. The third kappa shape index (κ3) is 2.21. The Kier molecular flexibility index (Phi) is 2.27. The molecule has 0 aliphatic rings. The van der Waals surface area contributed by atoms with Gasteiger partial charge >= 0.3 is 6.18 Å². The highest BCUT2D eigenvalue weighted by molar-refractivity contribution is 5.51. The van der Waals surface area contributed by atoms with Gasteiger partial charge in [-0.05, 0) is 12.1 Å². The molecule has 0 atom stereocenters. The van der Waals surface area contributed by atoms with E-state index in [0.29, 0.717) is 0 Å². The summed E-state index contributed by atoms with van der Waals surface area (Å²) in [7, 11) is 0. The van der Waals surface area contributed by atoms with Crippen molar-refractivity contribution < 1.29 is 18.3 Å². The van der Waals surface area contributed by atoms with Crippen molar-refractivity contribution >= 4 is 5.76 Å². The van der Waals surface area contributed by atoms with Crippen molar-refractivity contribution in [1.29, 1.82) is 0 Å². The molecule has 0 unspecified atom stereocenters. The molecule has 5 heteroatoms. The van der Waals surface area contributed by atoms with E-state index >= 15 is 0 Å². The second-order valence-electron chi connectivity index (χ2n) is 2.35. The van der Waals surface area contributed by atoms with E-state index in [4.69, 9.17) is 5.11 Å². The maximum absolute atomic E-state index is 12.1. The van der Waals surface area contributed by atoms with Crippen LogP contribution in [0.5, 0.6) is 0 Å². The van der Waals surface area contributed by atoms with Crippen molar-refractivity contribution in [2.45, 2.75) is 6.18 Å². The summed E-state index contributed by atoms with van der Waals surface area (Å²) in [4.78, 5) is 3.17. The molecular formula is C8H6F3NO. The van der Waals surface area contributed by atoms with Gasteiger partial charge in [0.05, 0.1) is 0 Å². The van der Waals surface area contributed by atoms with Crippen LogP contribution in [-0.4, -0.2) is 10.1 Å². The Morgan fingerprint density at radius 1 is 1.38 bits per heavy atom. The van der Waals surface area contributed by atoms with E-state index < -0.39 is 17.6 Å². The molecule has 0 fully saturated rings. The standard InChI is InChI=1S/C8H6F3NO/c1-5(13)6-3-2-4-7(12-6)8(9,10)11/h2-4,13H,1H2. The largest absolute Gasteiger partial charge is 0.506 e. The van der Waals surface area contributed by atoms with Gasteiger partial charge in [-0.3, -0.25) is 0 Å². The van der Waals surface area contributed by atoms with Gasteiger partial charge in [0.25, 0.3) is 0 Å². The quantitative estimate of drug-likeness (QED) is 0.689. The summed E-state index contributed by atoms with van der Waals surface area (Å²) in [5, 5.41) is 8.79. The molecule has 1 rings (SSSR count). The number of aromatic nitrogens is 1. The van der Waals surface area contributed by atoms with Gasteiger partial charge in [0.15, 0.2) is 0 Å². The fourth-order valence-electron chi connectivity index (χ4n) is 0.753. The molecule has 0 aromatic carbocycles. The molecule has 0 bridgehead atoms. The number of nitrogens with zero attached hydrogens (tertiary/aromatic N) is 1. The van der Waals surface area contributed by atoms with Gasteiger partial charge < -0.3 is 5.11 Å². The summed E-state index contributed by atoms with van der Waals surface area (Å²) >= 11 is 0. The molecule has 0 saturated heterocycles. The summed E-state index contributed by atoms with van der Waals surface area (Å²) in [6.45, 7) is 3.07. The van der Waals surface area contributed by atoms with Crippen LogP contribution in [-0.2, 0) is 6.18 Å². The first-order chi connectivity index (χ1) is 5.91. The second-order valence-corrected chi connectivity index (χ2v) is 2.35. The number of hydrogen-bond acceptors (Lipinski definition) is 2. The van der Waals surface area contributed by atoms with Crippen LogP contribution in [0.25, 0.3) is 5.76 Å². The summed E-state index contributed by atoms with van der Waals surface area (Å²) in [6, 6.07) is 3.23. The first-order valence-corrected chi connectivity index (χ1v) is 3.34. The lowest BCUT2D eigenvalue weighted by molar-refractivity contribution is -0.141. The van der Waals surface area contributed by atoms with Crippen molar-refractivity contribution in [3.8, 4) is 0 Å². The Hall–Kier alpha value is -1.52. The van der Waals surface area contributed by atoms with Crippen LogP contribution in [0.1, 0.15) is 11.4 Å². The summed E-state index contributed by atoms with van der Waals surface area (Å²) < 4.78 is 36.2. The van der Waals surface area contributed by atoms with Crippen LogP contribution in [0.4, 0.5) is 13.2 Å². The Labute approximate surface area is 72.3 Å². The van der Waals surface area contributed by atoms with Gasteiger partial charge in [0.2, 0.25) is 0 Å². The van der Waals surface area contributed by atoms with Crippen molar-refractivity contribution in [1.82, 2.24) is 4.98 Å². The molecule has 1 heterocycles. The Bertz CT molecular complexity index is 332. The molecule has 13 heavy (non-hydrogen) atoms. The number of pyridine rings is 1. The second kappa shape index (κ2) is 3.08. The van der Waals surface area contributed by atoms with Gasteiger partial charge in [-0.15, -0.1) is 0 Å². The predicted octanol–water partition coefficient (Wildman–Crippen LogP) is 2.63. The average molecular weight is 189 g/mol. The summed E-state index contributed by atoms with van der Waals surface area (Å²) in [6.07, 6.45) is -4.49. The molecule has 0 aliphatic carbocycles. The summed E-state index contributed by atoms with van der Waals surface area (Å²) in [5.41, 5.74) is -1.21. The summed E-state index contributed by atoms with van der Waals surface area (Å²) in [5.74, 6) is -0.480. The molecule has 2 nitrogen and oxygen atoms in total. The van der Waals surface area contributed by atoms with E-state index in [9.17, 15) is 13.2 Å². The van der Waals surface area contributed by atoms with E-state index in [1.54, 1.807) is 0 Å². The van der Waals surface area contributed by atoms with Gasteiger partial charge in [-0.1, -0.05) is 12.6 Å². The molecule has 0 amide bonds. The topological polar surface area (TPSA) is 33.1 Å². The number of halogens is 3. The Morgan fingerprint density at radius 3 is 2.46 bits per heavy atom. The number of rotatable bonds is 1. The van der Waals surface area contributed by atoms with E-state index in [0.717, 1.165) is 12.1 Å². The zero-order valence-electron chi connectivity index (χ0n) is 6.47. The molecule has 0 saturated carbocycles. The van der Waals surface area contributed by atoms with Crippen molar-refractivity contribution in [2.24, 2.45) is 0 Å². The normalized spacial score (nSPS) is 11.3. The van der Waals surface area contributed by atoms with Crippen molar-refractivity contribution in [2.75, 3.05) is 0 Å². The van der Waals surface area contributed by atoms with Crippen LogP contribution >= 0.6 is 0 Å². The smallest absolute Gasteiger partial charge is 0.433 e. The highest BCUT2D eigenvalue weighted by atomic mass is 19.4. The zero-order valence-corrected chi connectivity index (χ0v) is 6.47. The van der Waals surface area contributed by atoms with E-state index in [1.807, 2.05) is 0 Å². The lowest BCUT2D eigenvalue weighted by Crippen LogP contribution is -2.08. The van der Waals surface area contributed by atoms with E-state index in [1.165, 1.54) is 6.07 Å². The maximum atomic E-state index is 12.1. The van der Waals surface area contributed by atoms with Crippen LogP contribution in [0.3, 0.4) is 0 Å². The molecule has 1 N–H and O–H groups in total. The SMILES string of the molecule is C=C(O)c1cccc(C(F)(F)F)n1. The highest BCUT2D eigenvalue weighted by Crippen LogP contribution is 2.27. The van der Waals surface area contributed by atoms with Crippen LogP contribution in [0.2, 0.25) is 0 Å². The fraction of sp³-hybridized carbons (Fsp3) is 0.125. The molecular weight excluding hydrogens is 183 g/mol. The lowest BCUT2D eigenvalue weighted by Gasteiger charge is -2.06. The molecule has 1 aromatic rings. The van der Waals surface area contributed by atoms with Crippen molar-refractivity contribution in [3.63, 3.8) is 0 Å². The fourth-order valence-corrected chi connectivity index (χ4v) is 0.753. The number of aliphatic hydroxyl groups is 1. The molecule has 0 aliphatic heterocycles. The van der Waals surface area contributed by atoms with Gasteiger partial charge in [0.1, 0.15) is 17.1 Å². The van der Waals surface area contributed by atoms with Gasteiger partial charge in [-0.25, -0.2) is 4.98 Å². The maximum Gasteiger partial charge on any atom is 0.433 e. The van der Waals surface area contributed by atoms with E-state index in [-0.39, 0.29) is 5.69 Å². The third-order valence-electron chi connectivity index (χ3n) is 1.34. The minimum atomic E-state index is -4.49. The molecule has 0 spiro atoms. The first kappa shape index (κ1) is 9.57. The Balaban J connectivity index is 3.13. The zero-order chi connectivity index (χ0) is 10.1. The van der Waals surface area contributed by atoms with Gasteiger partial charge in [0, 0.05) is 0 Å². The minimum absolute atomic E-state index is 0.171. The molecule has 70 valence electrons. The lowest BCUT2D eigenvalue weighted by atomic mass is 10.3. The number of aliphatic hydroxyl groups excluding tert-OH is 1. The Morgan fingerprint density at radius 2 is 2.00 bits per heavy atom. The van der Waals surface area contributed by atoms with Gasteiger partial charge in [-0.2, -0.15) is 13.2 Å².